The molecule has 0 aliphatic carbocycles. The summed E-state index contributed by atoms with van der Waals surface area (Å²) in [6, 6.07) is 0. The Morgan fingerprint density at radius 1 is 1.45 bits per heavy atom. The number of aliphatic hydroxyl groups excluding tert-OH is 2. The number of hydrogen-bond acceptors (Lipinski definition) is 8. The molecule has 108 valence electrons. The zero-order valence-corrected chi connectivity index (χ0v) is 10.8. The SMILES string of the molecule is Nc1ncnc2c1ncn2[C@@H]1O[C@H](CO)[C@@H](O)[C@]1(O)Cl. The molecule has 0 spiro atoms. The van der Waals surface area contributed by atoms with Gasteiger partial charge < -0.3 is 25.8 Å². The molecule has 2 aromatic rings. The van der Waals surface area contributed by atoms with Crippen molar-refractivity contribution in [2.24, 2.45) is 0 Å². The van der Waals surface area contributed by atoms with E-state index in [9.17, 15) is 10.2 Å². The lowest BCUT2D eigenvalue weighted by Gasteiger charge is -2.24. The van der Waals surface area contributed by atoms with E-state index in [1.807, 2.05) is 0 Å². The Kier molecular flexibility index (Phi) is 3.03. The molecule has 1 aliphatic rings. The van der Waals surface area contributed by atoms with Crippen LogP contribution in [-0.2, 0) is 4.74 Å². The summed E-state index contributed by atoms with van der Waals surface area (Å²) in [7, 11) is 0. The van der Waals surface area contributed by atoms with Crippen molar-refractivity contribution < 1.29 is 20.1 Å². The monoisotopic (exact) mass is 301 g/mol. The second-order valence-corrected chi connectivity index (χ2v) is 5.07. The highest BCUT2D eigenvalue weighted by molar-refractivity contribution is 6.23. The fraction of sp³-hybridized carbons (Fsp3) is 0.500. The molecule has 5 N–H and O–H groups in total. The van der Waals surface area contributed by atoms with Gasteiger partial charge in [-0.25, -0.2) is 15.0 Å². The van der Waals surface area contributed by atoms with Gasteiger partial charge in [-0.15, -0.1) is 0 Å². The van der Waals surface area contributed by atoms with Crippen LogP contribution in [0.5, 0.6) is 0 Å². The quantitative estimate of drug-likeness (QED) is 0.496. The van der Waals surface area contributed by atoms with Gasteiger partial charge in [-0.1, -0.05) is 11.6 Å². The van der Waals surface area contributed by atoms with Crippen molar-refractivity contribution in [2.45, 2.75) is 23.5 Å². The number of nitrogen functional groups attached to an aromatic ring is 1. The van der Waals surface area contributed by atoms with Crippen molar-refractivity contribution in [1.29, 1.82) is 0 Å². The van der Waals surface area contributed by atoms with E-state index in [1.165, 1.54) is 17.2 Å². The molecule has 0 radical (unpaired) electrons. The third kappa shape index (κ3) is 1.75. The lowest BCUT2D eigenvalue weighted by Crippen LogP contribution is -2.42. The second-order valence-electron chi connectivity index (χ2n) is 4.46. The first-order valence-electron chi connectivity index (χ1n) is 5.75. The van der Waals surface area contributed by atoms with E-state index in [-0.39, 0.29) is 5.82 Å². The fourth-order valence-corrected chi connectivity index (χ4v) is 2.48. The largest absolute Gasteiger partial charge is 0.394 e. The molecule has 10 heteroatoms. The number of hydrogen-bond donors (Lipinski definition) is 4. The number of alkyl halides is 1. The Morgan fingerprint density at radius 2 is 2.20 bits per heavy atom. The lowest BCUT2D eigenvalue weighted by atomic mass is 10.1. The number of anilines is 1. The first-order valence-corrected chi connectivity index (χ1v) is 6.13. The molecule has 1 saturated heterocycles. The van der Waals surface area contributed by atoms with Crippen LogP contribution in [0.15, 0.2) is 12.7 Å². The smallest absolute Gasteiger partial charge is 0.212 e. The van der Waals surface area contributed by atoms with E-state index in [0.717, 1.165) is 0 Å². The van der Waals surface area contributed by atoms with Crippen LogP contribution < -0.4 is 5.73 Å². The molecule has 4 atom stereocenters. The highest BCUT2D eigenvalue weighted by Crippen LogP contribution is 2.42. The number of aliphatic hydroxyl groups is 3. The molecule has 0 aromatic carbocycles. The van der Waals surface area contributed by atoms with Crippen LogP contribution in [0.25, 0.3) is 11.2 Å². The number of nitrogens with zero attached hydrogens (tertiary/aromatic N) is 4. The number of fused-ring (bicyclic) bond motifs is 1. The standard InChI is InChI=1S/C10H12ClN5O4/c11-10(19)6(18)4(1-17)20-9(10)16-3-15-5-7(12)13-2-14-8(5)16/h2-4,6,9,17-19H,1H2,(H2,12,13,14)/t4-,6-,9-,10-/m1/s1. The van der Waals surface area contributed by atoms with Gasteiger partial charge in [0.25, 0.3) is 0 Å². The molecule has 1 aliphatic heterocycles. The van der Waals surface area contributed by atoms with Gasteiger partial charge in [-0.2, -0.15) is 0 Å². The predicted molar refractivity (Wildman–Crippen MR) is 67.5 cm³/mol. The fourth-order valence-electron chi connectivity index (χ4n) is 2.19. The van der Waals surface area contributed by atoms with Crippen LogP contribution in [0.1, 0.15) is 6.23 Å². The average molecular weight is 302 g/mol. The minimum Gasteiger partial charge on any atom is -0.394 e. The van der Waals surface area contributed by atoms with Gasteiger partial charge in [0.2, 0.25) is 5.06 Å². The van der Waals surface area contributed by atoms with E-state index in [4.69, 9.17) is 27.2 Å². The highest BCUT2D eigenvalue weighted by atomic mass is 35.5. The van der Waals surface area contributed by atoms with Crippen molar-refractivity contribution in [1.82, 2.24) is 19.5 Å². The van der Waals surface area contributed by atoms with Crippen molar-refractivity contribution in [2.75, 3.05) is 12.3 Å². The third-order valence-corrected chi connectivity index (χ3v) is 3.65. The molecule has 2 aromatic heterocycles. The normalized spacial score (nSPS) is 33.9. The van der Waals surface area contributed by atoms with Crippen molar-refractivity contribution >= 4 is 28.6 Å². The number of ether oxygens (including phenoxy) is 1. The summed E-state index contributed by atoms with van der Waals surface area (Å²) in [5, 5.41) is 27.0. The zero-order chi connectivity index (χ0) is 14.5. The Bertz CT molecular complexity index is 648. The second kappa shape index (κ2) is 4.50. The van der Waals surface area contributed by atoms with E-state index in [2.05, 4.69) is 15.0 Å². The first kappa shape index (κ1) is 13.5. The van der Waals surface area contributed by atoms with Crippen LogP contribution >= 0.6 is 11.6 Å². The maximum Gasteiger partial charge on any atom is 0.212 e. The number of rotatable bonds is 2. The van der Waals surface area contributed by atoms with E-state index in [1.54, 1.807) is 0 Å². The van der Waals surface area contributed by atoms with Gasteiger partial charge in [-0.05, 0) is 0 Å². The van der Waals surface area contributed by atoms with Crippen LogP contribution in [0.2, 0.25) is 0 Å². The number of nitrogens with two attached hydrogens (primary N) is 1. The molecular formula is C10H12ClN5O4. The summed E-state index contributed by atoms with van der Waals surface area (Å²) in [5.74, 6) is 0.170. The maximum absolute atomic E-state index is 10.2. The van der Waals surface area contributed by atoms with Gasteiger partial charge in [0.1, 0.15) is 24.1 Å². The summed E-state index contributed by atoms with van der Waals surface area (Å²) in [6.45, 7) is -0.490. The van der Waals surface area contributed by atoms with E-state index < -0.39 is 30.1 Å². The van der Waals surface area contributed by atoms with Crippen LogP contribution in [0, 0.1) is 0 Å². The number of imidazole rings is 1. The topological polar surface area (TPSA) is 140 Å². The van der Waals surface area contributed by atoms with Crippen LogP contribution in [0.3, 0.4) is 0 Å². The van der Waals surface area contributed by atoms with Gasteiger partial charge in [-0.3, -0.25) is 4.57 Å². The Hall–Kier alpha value is -1.52. The highest BCUT2D eigenvalue weighted by Gasteiger charge is 2.55. The minimum absolute atomic E-state index is 0.170. The summed E-state index contributed by atoms with van der Waals surface area (Å²) in [6.07, 6.45) is -1.09. The van der Waals surface area contributed by atoms with Gasteiger partial charge in [0.15, 0.2) is 17.7 Å². The first-order chi connectivity index (χ1) is 9.46. The number of halogens is 1. The van der Waals surface area contributed by atoms with E-state index >= 15 is 0 Å². The number of aromatic nitrogens is 4. The van der Waals surface area contributed by atoms with Crippen molar-refractivity contribution in [3.8, 4) is 0 Å². The molecule has 0 bridgehead atoms. The summed E-state index contributed by atoms with van der Waals surface area (Å²) >= 11 is 5.94. The lowest BCUT2D eigenvalue weighted by molar-refractivity contribution is -0.0612. The maximum atomic E-state index is 10.2. The van der Waals surface area contributed by atoms with Gasteiger partial charge in [0, 0.05) is 0 Å². The van der Waals surface area contributed by atoms with Crippen LogP contribution in [-0.4, -0.2) is 58.7 Å². The molecule has 1 fully saturated rings. The molecule has 0 saturated carbocycles. The zero-order valence-electron chi connectivity index (χ0n) is 10.1. The van der Waals surface area contributed by atoms with E-state index in [0.29, 0.717) is 11.2 Å². The molecular weight excluding hydrogens is 290 g/mol. The summed E-state index contributed by atoms with van der Waals surface area (Å²) < 4.78 is 6.70. The molecule has 3 heterocycles. The molecule has 3 rings (SSSR count). The third-order valence-electron chi connectivity index (χ3n) is 3.24. The van der Waals surface area contributed by atoms with Gasteiger partial charge >= 0.3 is 0 Å². The molecule has 0 unspecified atom stereocenters. The predicted octanol–water partition coefficient (Wildman–Crippen LogP) is -1.41. The van der Waals surface area contributed by atoms with Gasteiger partial charge in [0.05, 0.1) is 12.9 Å². The summed E-state index contributed by atoms with van der Waals surface area (Å²) in [4.78, 5) is 11.8. The molecule has 0 amide bonds. The Labute approximate surface area is 117 Å². The van der Waals surface area contributed by atoms with Crippen molar-refractivity contribution in [3.63, 3.8) is 0 Å². The minimum atomic E-state index is -2.12. The summed E-state index contributed by atoms with van der Waals surface area (Å²) in [5.41, 5.74) is 6.29. The average Bonchev–Trinajstić information content (AvgIpc) is 2.92. The van der Waals surface area contributed by atoms with Crippen molar-refractivity contribution in [3.05, 3.63) is 12.7 Å². The Balaban J connectivity index is 2.10. The molecule has 20 heavy (non-hydrogen) atoms. The Morgan fingerprint density at radius 3 is 2.85 bits per heavy atom. The van der Waals surface area contributed by atoms with Crippen LogP contribution in [0.4, 0.5) is 5.82 Å². The molecule has 9 nitrogen and oxygen atoms in total.